The monoisotopic (exact) mass is 299 g/mol. The molecule has 2 rings (SSSR count). The molecule has 3 nitrogen and oxygen atoms in total. The van der Waals surface area contributed by atoms with Gasteiger partial charge in [0.25, 0.3) is 0 Å². The van der Waals surface area contributed by atoms with Gasteiger partial charge in [0.1, 0.15) is 0 Å². The minimum Gasteiger partial charge on any atom is -0.481 e. The molecule has 1 atom stereocenters. The molecule has 0 aromatic heterocycles. The van der Waals surface area contributed by atoms with E-state index in [4.69, 9.17) is 16.7 Å². The molecule has 5 heteroatoms. The molecule has 0 bridgehead atoms. The molecular formula is C14H18ClNO2S. The number of carbonyl (C=O) groups is 1. The summed E-state index contributed by atoms with van der Waals surface area (Å²) in [6.45, 7) is 2.65. The number of thioether (sulfide) groups is 1. The third-order valence-electron chi connectivity index (χ3n) is 3.34. The van der Waals surface area contributed by atoms with Gasteiger partial charge in [-0.3, -0.25) is 4.79 Å². The Kier molecular flexibility index (Phi) is 5.55. The van der Waals surface area contributed by atoms with Crippen LogP contribution in [0, 0.1) is 5.92 Å². The van der Waals surface area contributed by atoms with Crippen LogP contribution in [0.5, 0.6) is 0 Å². The van der Waals surface area contributed by atoms with Crippen molar-refractivity contribution in [1.82, 2.24) is 4.90 Å². The molecule has 19 heavy (non-hydrogen) atoms. The maximum absolute atomic E-state index is 11.0. The highest BCUT2D eigenvalue weighted by Crippen LogP contribution is 2.22. The van der Waals surface area contributed by atoms with Crippen molar-refractivity contribution in [2.45, 2.75) is 17.7 Å². The summed E-state index contributed by atoms with van der Waals surface area (Å²) in [7, 11) is 0. The van der Waals surface area contributed by atoms with Crippen molar-refractivity contribution in [3.8, 4) is 0 Å². The first-order chi connectivity index (χ1) is 9.15. The van der Waals surface area contributed by atoms with Gasteiger partial charge in [0.15, 0.2) is 0 Å². The number of rotatable bonds is 5. The standard InChI is InChI=1S/C14H18ClNO2S/c15-12-3-5-13(6-4-12)19-9-8-16-7-1-2-11(10-16)14(17)18/h3-6,11H,1-2,7-10H2,(H,17,18). The van der Waals surface area contributed by atoms with E-state index in [9.17, 15) is 4.79 Å². The van der Waals surface area contributed by atoms with Crippen molar-refractivity contribution in [2.24, 2.45) is 5.92 Å². The van der Waals surface area contributed by atoms with Crippen molar-refractivity contribution in [1.29, 1.82) is 0 Å². The van der Waals surface area contributed by atoms with E-state index in [1.165, 1.54) is 4.90 Å². The van der Waals surface area contributed by atoms with Crippen LogP contribution in [0.1, 0.15) is 12.8 Å². The largest absolute Gasteiger partial charge is 0.481 e. The van der Waals surface area contributed by atoms with Gasteiger partial charge in [-0.1, -0.05) is 11.6 Å². The van der Waals surface area contributed by atoms with Gasteiger partial charge in [-0.25, -0.2) is 0 Å². The van der Waals surface area contributed by atoms with Crippen LogP contribution in [0.3, 0.4) is 0 Å². The average Bonchev–Trinajstić information content (AvgIpc) is 2.41. The first-order valence-electron chi connectivity index (χ1n) is 6.48. The number of hydrogen-bond donors (Lipinski definition) is 1. The highest BCUT2D eigenvalue weighted by Gasteiger charge is 2.24. The summed E-state index contributed by atoms with van der Waals surface area (Å²) in [6, 6.07) is 7.82. The molecule has 1 saturated heterocycles. The van der Waals surface area contributed by atoms with E-state index in [1.54, 1.807) is 11.8 Å². The van der Waals surface area contributed by atoms with Gasteiger partial charge in [0.2, 0.25) is 0 Å². The molecule has 1 heterocycles. The summed E-state index contributed by atoms with van der Waals surface area (Å²) in [6.07, 6.45) is 1.80. The molecule has 1 N–H and O–H groups in total. The summed E-state index contributed by atoms with van der Waals surface area (Å²) < 4.78 is 0. The second kappa shape index (κ2) is 7.17. The van der Waals surface area contributed by atoms with E-state index in [0.29, 0.717) is 6.54 Å². The number of piperidine rings is 1. The van der Waals surface area contributed by atoms with Crippen LogP contribution in [0.2, 0.25) is 5.02 Å². The van der Waals surface area contributed by atoms with Gasteiger partial charge in [-0.2, -0.15) is 0 Å². The highest BCUT2D eigenvalue weighted by atomic mass is 35.5. The lowest BCUT2D eigenvalue weighted by molar-refractivity contribution is -0.143. The van der Waals surface area contributed by atoms with E-state index in [2.05, 4.69) is 4.90 Å². The van der Waals surface area contributed by atoms with Crippen molar-refractivity contribution in [2.75, 3.05) is 25.4 Å². The number of hydrogen-bond acceptors (Lipinski definition) is 3. The van der Waals surface area contributed by atoms with Crippen LogP contribution in [0.4, 0.5) is 0 Å². The fraction of sp³-hybridized carbons (Fsp3) is 0.500. The van der Waals surface area contributed by atoms with E-state index in [0.717, 1.165) is 36.7 Å². The van der Waals surface area contributed by atoms with Gasteiger partial charge in [0.05, 0.1) is 5.92 Å². The third kappa shape index (κ3) is 4.71. The lowest BCUT2D eigenvalue weighted by Crippen LogP contribution is -2.39. The van der Waals surface area contributed by atoms with Crippen LogP contribution < -0.4 is 0 Å². The Hall–Kier alpha value is -0.710. The minimum absolute atomic E-state index is 0.186. The van der Waals surface area contributed by atoms with Gasteiger partial charge >= 0.3 is 5.97 Å². The van der Waals surface area contributed by atoms with E-state index in [-0.39, 0.29) is 5.92 Å². The Bertz CT molecular complexity index is 424. The number of halogens is 1. The predicted molar refractivity (Wildman–Crippen MR) is 79.0 cm³/mol. The zero-order valence-corrected chi connectivity index (χ0v) is 12.3. The quantitative estimate of drug-likeness (QED) is 0.848. The van der Waals surface area contributed by atoms with Crippen molar-refractivity contribution < 1.29 is 9.90 Å². The molecule has 1 unspecified atom stereocenters. The Morgan fingerprint density at radius 1 is 1.42 bits per heavy atom. The molecule has 1 fully saturated rings. The van der Waals surface area contributed by atoms with Gasteiger partial charge in [-0.15, -0.1) is 11.8 Å². The lowest BCUT2D eigenvalue weighted by Gasteiger charge is -2.30. The first-order valence-corrected chi connectivity index (χ1v) is 7.85. The zero-order chi connectivity index (χ0) is 13.7. The second-order valence-electron chi connectivity index (χ2n) is 4.78. The van der Waals surface area contributed by atoms with Crippen LogP contribution in [-0.4, -0.2) is 41.4 Å². The summed E-state index contributed by atoms with van der Waals surface area (Å²) >= 11 is 7.62. The third-order valence-corrected chi connectivity index (χ3v) is 4.59. The molecule has 1 aromatic carbocycles. The topological polar surface area (TPSA) is 40.5 Å². The van der Waals surface area contributed by atoms with E-state index >= 15 is 0 Å². The Balaban J connectivity index is 1.73. The second-order valence-corrected chi connectivity index (χ2v) is 6.39. The molecular weight excluding hydrogens is 282 g/mol. The maximum atomic E-state index is 11.0. The van der Waals surface area contributed by atoms with Crippen molar-refractivity contribution >= 4 is 29.3 Å². The normalized spacial score (nSPS) is 20.4. The maximum Gasteiger partial charge on any atom is 0.307 e. The summed E-state index contributed by atoms with van der Waals surface area (Å²) in [4.78, 5) is 14.4. The fourth-order valence-electron chi connectivity index (χ4n) is 2.28. The number of carboxylic acid groups (broad SMARTS) is 1. The molecule has 1 aliphatic heterocycles. The van der Waals surface area contributed by atoms with Crippen LogP contribution in [0.25, 0.3) is 0 Å². The molecule has 0 spiro atoms. The number of likely N-dealkylation sites (tertiary alicyclic amines) is 1. The predicted octanol–water partition coefficient (Wildman–Crippen LogP) is 3.23. The molecule has 1 aromatic rings. The Morgan fingerprint density at radius 2 is 2.16 bits per heavy atom. The summed E-state index contributed by atoms with van der Waals surface area (Å²) in [5.41, 5.74) is 0. The molecule has 104 valence electrons. The van der Waals surface area contributed by atoms with E-state index in [1.807, 2.05) is 24.3 Å². The van der Waals surface area contributed by atoms with Gasteiger partial charge < -0.3 is 10.0 Å². The number of benzene rings is 1. The van der Waals surface area contributed by atoms with E-state index < -0.39 is 5.97 Å². The SMILES string of the molecule is O=C(O)C1CCCN(CCSc2ccc(Cl)cc2)C1. The average molecular weight is 300 g/mol. The molecule has 0 radical (unpaired) electrons. The number of nitrogens with zero attached hydrogens (tertiary/aromatic N) is 1. The number of aliphatic carboxylic acids is 1. The summed E-state index contributed by atoms with van der Waals surface area (Å²) in [5, 5.41) is 9.80. The zero-order valence-electron chi connectivity index (χ0n) is 10.7. The van der Waals surface area contributed by atoms with Crippen LogP contribution in [0.15, 0.2) is 29.2 Å². The van der Waals surface area contributed by atoms with Crippen LogP contribution >= 0.6 is 23.4 Å². The molecule has 1 aliphatic rings. The number of carboxylic acids is 1. The van der Waals surface area contributed by atoms with Crippen molar-refractivity contribution in [3.63, 3.8) is 0 Å². The molecule has 0 saturated carbocycles. The molecule has 0 amide bonds. The van der Waals surface area contributed by atoms with Crippen LogP contribution in [-0.2, 0) is 4.79 Å². The smallest absolute Gasteiger partial charge is 0.307 e. The Morgan fingerprint density at radius 3 is 2.84 bits per heavy atom. The lowest BCUT2D eigenvalue weighted by atomic mass is 9.98. The highest BCUT2D eigenvalue weighted by molar-refractivity contribution is 7.99. The van der Waals surface area contributed by atoms with Gasteiger partial charge in [-0.05, 0) is 43.7 Å². The fourth-order valence-corrected chi connectivity index (χ4v) is 3.32. The minimum atomic E-state index is -0.657. The molecule has 0 aliphatic carbocycles. The van der Waals surface area contributed by atoms with Gasteiger partial charge in [0, 0.05) is 28.8 Å². The Labute approximate surface area is 122 Å². The van der Waals surface area contributed by atoms with Crippen molar-refractivity contribution in [3.05, 3.63) is 29.3 Å². The first kappa shape index (κ1) is 14.7. The summed E-state index contributed by atoms with van der Waals surface area (Å²) in [5.74, 6) is 0.137.